The van der Waals surface area contributed by atoms with Gasteiger partial charge in [0.2, 0.25) is 0 Å². The Morgan fingerprint density at radius 2 is 2.05 bits per heavy atom. The van der Waals surface area contributed by atoms with E-state index in [1.165, 1.54) is 0 Å². The topological polar surface area (TPSA) is 38.3 Å². The van der Waals surface area contributed by atoms with Crippen LogP contribution in [0.15, 0.2) is 0 Å². The van der Waals surface area contributed by atoms with Crippen molar-refractivity contribution >= 4 is 5.97 Å². The van der Waals surface area contributed by atoms with Crippen molar-refractivity contribution in [1.82, 2.24) is 5.32 Å². The van der Waals surface area contributed by atoms with E-state index in [2.05, 4.69) is 5.32 Å². The molecular weight excluding hydrogens is 271 g/mol. The van der Waals surface area contributed by atoms with Crippen LogP contribution in [0.4, 0.5) is 13.2 Å². The number of carbonyl (C=O) groups excluding carboxylic acids is 1. The van der Waals surface area contributed by atoms with E-state index in [0.717, 1.165) is 19.3 Å². The Kier molecular flexibility index (Phi) is 5.86. The first-order valence-electron chi connectivity index (χ1n) is 7.22. The average Bonchev–Trinajstić information content (AvgIpc) is 2.36. The Labute approximate surface area is 118 Å². The van der Waals surface area contributed by atoms with Crippen molar-refractivity contribution in [2.45, 2.75) is 58.2 Å². The Morgan fingerprint density at radius 1 is 1.40 bits per heavy atom. The lowest BCUT2D eigenvalue weighted by Gasteiger charge is -2.44. The zero-order valence-electron chi connectivity index (χ0n) is 12.3. The van der Waals surface area contributed by atoms with Gasteiger partial charge >= 0.3 is 12.1 Å². The van der Waals surface area contributed by atoms with E-state index in [1.807, 2.05) is 13.8 Å². The van der Waals surface area contributed by atoms with Crippen LogP contribution in [0.1, 0.15) is 46.5 Å². The minimum atomic E-state index is -4.33. The second-order valence-electron chi connectivity index (χ2n) is 5.76. The lowest BCUT2D eigenvalue weighted by atomic mass is 9.67. The number of halogens is 3. The molecule has 1 N–H and O–H groups in total. The summed E-state index contributed by atoms with van der Waals surface area (Å²) < 4.78 is 42.7. The van der Waals surface area contributed by atoms with Crippen LogP contribution >= 0.6 is 0 Å². The molecule has 1 aliphatic carbocycles. The fourth-order valence-corrected chi connectivity index (χ4v) is 3.17. The molecule has 0 saturated heterocycles. The summed E-state index contributed by atoms with van der Waals surface area (Å²) in [5, 5.41) is 2.49. The second kappa shape index (κ2) is 6.78. The van der Waals surface area contributed by atoms with Crippen LogP contribution in [0.25, 0.3) is 0 Å². The molecule has 0 heterocycles. The molecule has 0 spiro atoms. The van der Waals surface area contributed by atoms with Crippen molar-refractivity contribution in [3.05, 3.63) is 0 Å². The molecule has 3 nitrogen and oxygen atoms in total. The zero-order valence-corrected chi connectivity index (χ0v) is 12.3. The van der Waals surface area contributed by atoms with Crippen molar-refractivity contribution < 1.29 is 22.7 Å². The third-order valence-corrected chi connectivity index (χ3v) is 4.02. The smallest absolute Gasteiger partial charge is 0.401 e. The van der Waals surface area contributed by atoms with E-state index in [9.17, 15) is 18.0 Å². The number of nitrogens with one attached hydrogen (secondary N) is 1. The SMILES string of the molecule is CCOC(=O)C1(NCC(F)(F)F)CCCCC1C(C)C. The predicted octanol–water partition coefficient (Wildman–Crippen LogP) is 3.29. The number of rotatable bonds is 5. The van der Waals surface area contributed by atoms with E-state index in [0.29, 0.717) is 6.42 Å². The van der Waals surface area contributed by atoms with Crippen LogP contribution in [-0.4, -0.2) is 30.8 Å². The van der Waals surface area contributed by atoms with E-state index in [-0.39, 0.29) is 18.4 Å². The minimum Gasteiger partial charge on any atom is -0.465 e. The summed E-state index contributed by atoms with van der Waals surface area (Å²) in [7, 11) is 0. The summed E-state index contributed by atoms with van der Waals surface area (Å²) in [5.74, 6) is -0.541. The lowest BCUT2D eigenvalue weighted by molar-refractivity contribution is -0.162. The molecule has 2 atom stereocenters. The van der Waals surface area contributed by atoms with Gasteiger partial charge in [0, 0.05) is 0 Å². The van der Waals surface area contributed by atoms with Gasteiger partial charge in [0.25, 0.3) is 0 Å². The molecule has 0 aromatic carbocycles. The van der Waals surface area contributed by atoms with Gasteiger partial charge in [0.05, 0.1) is 13.2 Å². The molecule has 20 heavy (non-hydrogen) atoms. The van der Waals surface area contributed by atoms with Gasteiger partial charge in [0.15, 0.2) is 0 Å². The monoisotopic (exact) mass is 295 g/mol. The molecule has 0 aromatic heterocycles. The van der Waals surface area contributed by atoms with Crippen molar-refractivity contribution in [3.63, 3.8) is 0 Å². The first-order chi connectivity index (χ1) is 9.23. The fourth-order valence-electron chi connectivity index (χ4n) is 3.17. The van der Waals surface area contributed by atoms with Gasteiger partial charge in [-0.15, -0.1) is 0 Å². The van der Waals surface area contributed by atoms with E-state index in [4.69, 9.17) is 4.74 Å². The molecule has 0 amide bonds. The number of ether oxygens (including phenoxy) is 1. The lowest BCUT2D eigenvalue weighted by Crippen LogP contribution is -2.62. The molecular formula is C14H24F3NO2. The summed E-state index contributed by atoms with van der Waals surface area (Å²) in [6.07, 6.45) is -1.49. The molecule has 1 fully saturated rings. The maximum atomic E-state index is 12.5. The van der Waals surface area contributed by atoms with Gasteiger partial charge in [-0.3, -0.25) is 10.1 Å². The Morgan fingerprint density at radius 3 is 2.55 bits per heavy atom. The van der Waals surface area contributed by atoms with Crippen LogP contribution in [0.3, 0.4) is 0 Å². The number of alkyl halides is 3. The average molecular weight is 295 g/mol. The summed E-state index contributed by atoms with van der Waals surface area (Å²) >= 11 is 0. The van der Waals surface area contributed by atoms with Gasteiger partial charge in [-0.1, -0.05) is 26.7 Å². The fraction of sp³-hybridized carbons (Fsp3) is 0.929. The van der Waals surface area contributed by atoms with Crippen molar-refractivity contribution in [3.8, 4) is 0 Å². The molecule has 0 aromatic rings. The van der Waals surface area contributed by atoms with Crippen LogP contribution in [0.2, 0.25) is 0 Å². The van der Waals surface area contributed by atoms with Crippen LogP contribution in [0, 0.1) is 11.8 Å². The highest BCUT2D eigenvalue weighted by Gasteiger charge is 2.50. The van der Waals surface area contributed by atoms with Gasteiger partial charge in [0.1, 0.15) is 5.54 Å². The maximum Gasteiger partial charge on any atom is 0.401 e. The maximum absolute atomic E-state index is 12.5. The van der Waals surface area contributed by atoms with Gasteiger partial charge in [-0.05, 0) is 31.6 Å². The quantitative estimate of drug-likeness (QED) is 0.791. The predicted molar refractivity (Wildman–Crippen MR) is 70.2 cm³/mol. The molecule has 6 heteroatoms. The molecule has 0 radical (unpaired) electrons. The van der Waals surface area contributed by atoms with Crippen LogP contribution < -0.4 is 5.32 Å². The highest BCUT2D eigenvalue weighted by molar-refractivity contribution is 5.81. The van der Waals surface area contributed by atoms with Gasteiger partial charge in [-0.25, -0.2) is 0 Å². The van der Waals surface area contributed by atoms with E-state index >= 15 is 0 Å². The normalized spacial score (nSPS) is 27.6. The molecule has 0 aliphatic heterocycles. The Balaban J connectivity index is 3.00. The molecule has 118 valence electrons. The molecule has 1 rings (SSSR count). The molecule has 2 unspecified atom stereocenters. The summed E-state index contributed by atoms with van der Waals surface area (Å²) in [6.45, 7) is 4.58. The van der Waals surface area contributed by atoms with E-state index in [1.54, 1.807) is 6.92 Å². The second-order valence-corrected chi connectivity index (χ2v) is 5.76. The number of hydrogen-bond acceptors (Lipinski definition) is 3. The zero-order chi connectivity index (χ0) is 15.4. The highest BCUT2D eigenvalue weighted by atomic mass is 19.4. The van der Waals surface area contributed by atoms with Crippen molar-refractivity contribution in [1.29, 1.82) is 0 Å². The highest BCUT2D eigenvalue weighted by Crippen LogP contribution is 2.40. The first-order valence-corrected chi connectivity index (χ1v) is 7.22. The third kappa shape index (κ3) is 4.11. The Bertz CT molecular complexity index is 331. The first kappa shape index (κ1) is 17.3. The van der Waals surface area contributed by atoms with E-state index < -0.39 is 24.2 Å². The van der Waals surface area contributed by atoms with Crippen LogP contribution in [0.5, 0.6) is 0 Å². The Hall–Kier alpha value is -0.780. The van der Waals surface area contributed by atoms with Crippen molar-refractivity contribution in [2.24, 2.45) is 11.8 Å². The molecule has 1 aliphatic rings. The summed E-state index contributed by atoms with van der Waals surface area (Å²) in [5.41, 5.74) is -1.20. The minimum absolute atomic E-state index is 0.125. The number of hydrogen-bond donors (Lipinski definition) is 1. The third-order valence-electron chi connectivity index (χ3n) is 4.02. The number of esters is 1. The summed E-state index contributed by atoms with van der Waals surface area (Å²) in [6, 6.07) is 0. The van der Waals surface area contributed by atoms with Gasteiger partial charge < -0.3 is 4.74 Å². The van der Waals surface area contributed by atoms with Gasteiger partial charge in [-0.2, -0.15) is 13.2 Å². The molecule has 0 bridgehead atoms. The number of carbonyl (C=O) groups is 1. The standard InChI is InChI=1S/C14H24F3NO2/c1-4-20-12(19)13(18-9-14(15,16)17)8-6-5-7-11(13)10(2)3/h10-11,18H,4-9H2,1-3H3. The largest absolute Gasteiger partial charge is 0.465 e. The van der Waals surface area contributed by atoms with Crippen LogP contribution in [-0.2, 0) is 9.53 Å². The molecule has 1 saturated carbocycles. The van der Waals surface area contributed by atoms with Crippen molar-refractivity contribution in [2.75, 3.05) is 13.2 Å². The summed E-state index contributed by atoms with van der Waals surface area (Å²) in [4.78, 5) is 12.3.